The summed E-state index contributed by atoms with van der Waals surface area (Å²) in [7, 11) is 0. The van der Waals surface area contributed by atoms with Gasteiger partial charge in [0.1, 0.15) is 0 Å². The van der Waals surface area contributed by atoms with E-state index in [1.54, 1.807) is 0 Å². The third-order valence-electron chi connectivity index (χ3n) is 1.07. The summed E-state index contributed by atoms with van der Waals surface area (Å²) in [5, 5.41) is 2.50. The highest BCUT2D eigenvalue weighted by Crippen LogP contribution is 2.02. The number of hydrogen-bond acceptors (Lipinski definition) is 3. The van der Waals surface area contributed by atoms with Gasteiger partial charge in [-0.25, -0.2) is 0 Å². The quantitative estimate of drug-likeness (QED) is 0.669. The van der Waals surface area contributed by atoms with Crippen LogP contribution in [0, 0.1) is 10.7 Å². The molecule has 0 aliphatic heterocycles. The molecular formula is C6H10N2OS. The molecule has 1 aromatic heterocycles. The van der Waals surface area contributed by atoms with E-state index in [1.165, 1.54) is 0 Å². The van der Waals surface area contributed by atoms with Gasteiger partial charge in [-0.05, 0) is 18.1 Å². The largest absolute Gasteiger partial charge is 0.364 e. The number of nitrogens with zero attached hydrogens (tertiary/aromatic N) is 1. The molecule has 0 atom stereocenters. The van der Waals surface area contributed by atoms with Crippen LogP contribution in [0.1, 0.15) is 19.7 Å². The van der Waals surface area contributed by atoms with E-state index in [9.17, 15) is 0 Å². The van der Waals surface area contributed by atoms with E-state index in [1.807, 2.05) is 0 Å². The van der Waals surface area contributed by atoms with Gasteiger partial charge in [0.2, 0.25) is 10.7 Å². The molecule has 4 heteroatoms. The first-order valence-electron chi connectivity index (χ1n) is 3.23. The van der Waals surface area contributed by atoms with Crippen molar-refractivity contribution < 1.29 is 4.52 Å². The first-order valence-corrected chi connectivity index (χ1v) is 3.63. The minimum atomic E-state index is 0.427. The van der Waals surface area contributed by atoms with Gasteiger partial charge in [0.15, 0.2) is 0 Å². The molecule has 0 saturated carbocycles. The smallest absolute Gasteiger partial charge is 0.229 e. The van der Waals surface area contributed by atoms with Crippen molar-refractivity contribution in [2.24, 2.45) is 5.92 Å². The van der Waals surface area contributed by atoms with E-state index in [4.69, 9.17) is 16.7 Å². The minimum absolute atomic E-state index is 0.427. The third-order valence-corrected chi connectivity index (χ3v) is 1.24. The van der Waals surface area contributed by atoms with Crippen LogP contribution in [0.4, 0.5) is 0 Å². The summed E-state index contributed by atoms with van der Waals surface area (Å²) in [6.07, 6.45) is 0.840. The SMILES string of the molecule is CC(C)Cc1nc(=S)[nH]o1. The first kappa shape index (κ1) is 7.47. The van der Waals surface area contributed by atoms with Gasteiger partial charge in [-0.2, -0.15) is 10.1 Å². The van der Waals surface area contributed by atoms with Crippen molar-refractivity contribution in [3.05, 3.63) is 10.7 Å². The molecule has 0 aliphatic carbocycles. The average Bonchev–Trinajstić information content (AvgIpc) is 2.13. The summed E-state index contributed by atoms with van der Waals surface area (Å²) in [4.78, 5) is 3.94. The molecule has 0 aliphatic rings. The molecule has 0 spiro atoms. The molecule has 0 fully saturated rings. The average molecular weight is 158 g/mol. The Morgan fingerprint density at radius 3 is 2.80 bits per heavy atom. The van der Waals surface area contributed by atoms with Crippen molar-refractivity contribution in [3.8, 4) is 0 Å². The predicted molar refractivity (Wildman–Crippen MR) is 40.2 cm³/mol. The topological polar surface area (TPSA) is 41.8 Å². The Kier molecular flexibility index (Phi) is 2.21. The van der Waals surface area contributed by atoms with Crippen LogP contribution in [0.25, 0.3) is 0 Å². The number of hydrogen-bond donors (Lipinski definition) is 1. The summed E-state index contributed by atoms with van der Waals surface area (Å²) < 4.78 is 5.36. The van der Waals surface area contributed by atoms with Gasteiger partial charge in [-0.1, -0.05) is 13.8 Å². The van der Waals surface area contributed by atoms with Crippen molar-refractivity contribution in [2.75, 3.05) is 0 Å². The lowest BCUT2D eigenvalue weighted by molar-refractivity contribution is 0.361. The Balaban J connectivity index is 2.67. The summed E-state index contributed by atoms with van der Waals surface area (Å²) >= 11 is 4.73. The zero-order valence-electron chi connectivity index (χ0n) is 6.05. The van der Waals surface area contributed by atoms with Crippen LogP contribution in [-0.4, -0.2) is 10.1 Å². The molecule has 1 aromatic rings. The normalized spacial score (nSPS) is 10.7. The van der Waals surface area contributed by atoms with Crippen LogP contribution in [-0.2, 0) is 6.42 Å². The Morgan fingerprint density at radius 1 is 1.70 bits per heavy atom. The Labute approximate surface area is 64.4 Å². The fraction of sp³-hybridized carbons (Fsp3) is 0.667. The predicted octanol–water partition coefficient (Wildman–Crippen LogP) is 1.93. The molecule has 1 N–H and O–H groups in total. The van der Waals surface area contributed by atoms with Gasteiger partial charge in [0.05, 0.1) is 0 Å². The van der Waals surface area contributed by atoms with Crippen LogP contribution in [0.5, 0.6) is 0 Å². The third kappa shape index (κ3) is 1.95. The second-order valence-corrected chi connectivity index (χ2v) is 3.00. The highest BCUT2D eigenvalue weighted by Gasteiger charge is 2.01. The van der Waals surface area contributed by atoms with Crippen LogP contribution in [0.3, 0.4) is 0 Å². The monoisotopic (exact) mass is 158 g/mol. The van der Waals surface area contributed by atoms with Crippen molar-refractivity contribution in [1.29, 1.82) is 0 Å². The van der Waals surface area contributed by atoms with E-state index in [0.717, 1.165) is 6.42 Å². The molecule has 0 amide bonds. The maximum atomic E-state index is 4.93. The zero-order valence-corrected chi connectivity index (χ0v) is 6.86. The summed E-state index contributed by atoms with van der Waals surface area (Å²) in [6, 6.07) is 0. The fourth-order valence-electron chi connectivity index (χ4n) is 0.698. The second kappa shape index (κ2) is 2.96. The fourth-order valence-corrected chi connectivity index (χ4v) is 0.841. The lowest BCUT2D eigenvalue weighted by Gasteiger charge is -1.95. The highest BCUT2D eigenvalue weighted by atomic mass is 32.1. The van der Waals surface area contributed by atoms with Crippen molar-refractivity contribution >= 4 is 12.2 Å². The van der Waals surface area contributed by atoms with Gasteiger partial charge in [-0.3, -0.25) is 0 Å². The first-order chi connectivity index (χ1) is 4.68. The second-order valence-electron chi connectivity index (χ2n) is 2.61. The minimum Gasteiger partial charge on any atom is -0.364 e. The number of nitrogens with one attached hydrogen (secondary N) is 1. The van der Waals surface area contributed by atoms with Gasteiger partial charge in [0, 0.05) is 6.42 Å². The lowest BCUT2D eigenvalue weighted by atomic mass is 10.1. The van der Waals surface area contributed by atoms with E-state index >= 15 is 0 Å². The van der Waals surface area contributed by atoms with Gasteiger partial charge >= 0.3 is 0 Å². The van der Waals surface area contributed by atoms with Crippen LogP contribution in [0.2, 0.25) is 0 Å². The van der Waals surface area contributed by atoms with Crippen molar-refractivity contribution in [2.45, 2.75) is 20.3 Å². The number of rotatable bonds is 2. The van der Waals surface area contributed by atoms with Gasteiger partial charge in [-0.15, -0.1) is 0 Å². The van der Waals surface area contributed by atoms with Gasteiger partial charge < -0.3 is 4.52 Å². The van der Waals surface area contributed by atoms with E-state index in [2.05, 4.69) is 24.0 Å². The number of aromatic amines is 1. The molecule has 0 radical (unpaired) electrons. The van der Waals surface area contributed by atoms with Crippen LogP contribution < -0.4 is 0 Å². The maximum Gasteiger partial charge on any atom is 0.229 e. The molecule has 0 unspecified atom stereocenters. The molecule has 56 valence electrons. The Morgan fingerprint density at radius 2 is 2.40 bits per heavy atom. The molecule has 1 heterocycles. The molecule has 1 rings (SSSR count). The standard InChI is InChI=1S/C6H10N2OS/c1-4(2)3-5-7-6(10)8-9-5/h4H,3H2,1-2H3,(H,8,10). The molecule has 0 bridgehead atoms. The van der Waals surface area contributed by atoms with Crippen molar-refractivity contribution in [3.63, 3.8) is 0 Å². The lowest BCUT2D eigenvalue weighted by Crippen LogP contribution is -1.93. The maximum absolute atomic E-state index is 4.93. The van der Waals surface area contributed by atoms with Crippen LogP contribution in [0.15, 0.2) is 4.52 Å². The van der Waals surface area contributed by atoms with E-state index in [-0.39, 0.29) is 0 Å². The highest BCUT2D eigenvalue weighted by molar-refractivity contribution is 7.71. The van der Waals surface area contributed by atoms with Gasteiger partial charge in [0.25, 0.3) is 0 Å². The molecule has 10 heavy (non-hydrogen) atoms. The molecule has 0 saturated heterocycles. The Hall–Kier alpha value is -0.640. The van der Waals surface area contributed by atoms with E-state index < -0.39 is 0 Å². The molecule has 0 aromatic carbocycles. The number of H-pyrrole nitrogens is 1. The van der Waals surface area contributed by atoms with Crippen LogP contribution >= 0.6 is 12.2 Å². The Bertz CT molecular complexity index is 250. The summed E-state index contributed by atoms with van der Waals surface area (Å²) in [5.41, 5.74) is 0. The van der Waals surface area contributed by atoms with Crippen molar-refractivity contribution in [1.82, 2.24) is 10.1 Å². The number of aromatic nitrogens is 2. The summed E-state index contributed by atoms with van der Waals surface area (Å²) in [6.45, 7) is 4.21. The van der Waals surface area contributed by atoms with E-state index in [0.29, 0.717) is 16.6 Å². The molecule has 3 nitrogen and oxygen atoms in total. The summed E-state index contributed by atoms with van der Waals surface area (Å²) in [5.74, 6) is 1.25. The zero-order chi connectivity index (χ0) is 7.56. The molecular weight excluding hydrogens is 148 g/mol.